The van der Waals surface area contributed by atoms with Crippen molar-refractivity contribution in [1.82, 2.24) is 9.80 Å². The van der Waals surface area contributed by atoms with Crippen LogP contribution in [-0.4, -0.2) is 78.2 Å². The van der Waals surface area contributed by atoms with Crippen molar-refractivity contribution >= 4 is 40.7 Å². The predicted octanol–water partition coefficient (Wildman–Crippen LogP) is 6.63. The van der Waals surface area contributed by atoms with Gasteiger partial charge < -0.3 is 29.0 Å². The van der Waals surface area contributed by atoms with E-state index in [9.17, 15) is 9.59 Å². The highest BCUT2D eigenvalue weighted by atomic mass is 79.9. The van der Waals surface area contributed by atoms with Gasteiger partial charge in [-0.25, -0.2) is 9.59 Å². The van der Waals surface area contributed by atoms with Crippen LogP contribution in [0.15, 0.2) is 53.0 Å². The quantitative estimate of drug-likeness (QED) is 0.378. The van der Waals surface area contributed by atoms with Crippen LogP contribution in [0.25, 0.3) is 0 Å². The molecule has 3 heterocycles. The van der Waals surface area contributed by atoms with Crippen LogP contribution in [0.1, 0.15) is 83.3 Å². The number of carbonyl (C=O) groups excluding carboxylic acids is 1. The number of benzene rings is 2. The van der Waals surface area contributed by atoms with E-state index in [2.05, 4.69) is 80.0 Å². The van der Waals surface area contributed by atoms with Gasteiger partial charge in [-0.1, -0.05) is 52.3 Å². The van der Waals surface area contributed by atoms with Gasteiger partial charge in [-0.3, -0.25) is 0 Å². The number of halogens is 1. The molecule has 5 rings (SSSR count). The van der Waals surface area contributed by atoms with Crippen molar-refractivity contribution in [2.24, 2.45) is 0 Å². The summed E-state index contributed by atoms with van der Waals surface area (Å²) in [6.07, 6.45) is 2.73. The minimum absolute atomic E-state index is 0.106. The van der Waals surface area contributed by atoms with Gasteiger partial charge >= 0.3 is 19.3 Å². The molecule has 0 spiro atoms. The van der Waals surface area contributed by atoms with E-state index in [0.29, 0.717) is 18.4 Å². The number of carboxylic acid groups (broad SMARTS) is 1. The lowest BCUT2D eigenvalue weighted by Gasteiger charge is -2.36. The van der Waals surface area contributed by atoms with Crippen LogP contribution in [0.4, 0.5) is 9.59 Å². The Kier molecular flexibility index (Phi) is 10.3. The third kappa shape index (κ3) is 7.50. The van der Waals surface area contributed by atoms with E-state index in [4.69, 9.17) is 19.2 Å². The maximum absolute atomic E-state index is 11.6. The van der Waals surface area contributed by atoms with Crippen LogP contribution < -0.4 is 5.46 Å². The highest BCUT2D eigenvalue weighted by Gasteiger charge is 2.51. The minimum Gasteiger partial charge on any atom is -0.465 e. The molecule has 2 amide bonds. The molecule has 10 heteroatoms. The molecule has 2 aromatic carbocycles. The van der Waals surface area contributed by atoms with Gasteiger partial charge in [0.1, 0.15) is 0 Å². The Bertz CT molecular complexity index is 1200. The Morgan fingerprint density at radius 1 is 0.881 bits per heavy atom. The lowest BCUT2D eigenvalue weighted by molar-refractivity contribution is 0.00578. The molecule has 3 fully saturated rings. The molecule has 0 radical (unpaired) electrons. The molecular weight excluding hydrogens is 599 g/mol. The number of hydrogen-bond donors (Lipinski definition) is 1. The van der Waals surface area contributed by atoms with Gasteiger partial charge in [-0.2, -0.15) is 0 Å². The summed E-state index contributed by atoms with van der Waals surface area (Å²) in [5.74, 6) is 0.960. The van der Waals surface area contributed by atoms with Gasteiger partial charge in [0.05, 0.1) is 18.3 Å². The molecule has 3 aliphatic rings. The summed E-state index contributed by atoms with van der Waals surface area (Å²) >= 11 is 3.42. The van der Waals surface area contributed by atoms with Crippen molar-refractivity contribution in [3.8, 4) is 0 Å². The van der Waals surface area contributed by atoms with E-state index in [1.165, 1.54) is 23.1 Å². The van der Waals surface area contributed by atoms with Gasteiger partial charge in [-0.05, 0) is 101 Å². The molecule has 0 saturated carbocycles. The second-order valence-corrected chi connectivity index (χ2v) is 13.5. The van der Waals surface area contributed by atoms with Crippen molar-refractivity contribution in [2.75, 3.05) is 26.7 Å². The van der Waals surface area contributed by atoms with Gasteiger partial charge in [-0.15, -0.1) is 0 Å². The number of hydrogen-bond acceptors (Lipinski definition) is 5. The number of likely N-dealkylation sites (tertiary alicyclic amines) is 2. The Hall–Kier alpha value is -2.56. The number of rotatable bonds is 3. The number of carbonyl (C=O) groups is 2. The number of ether oxygens (including phenoxy) is 1. The molecule has 2 atom stereocenters. The van der Waals surface area contributed by atoms with Crippen LogP contribution in [0.2, 0.25) is 0 Å². The summed E-state index contributed by atoms with van der Waals surface area (Å²) in [6.45, 7) is 12.4. The van der Waals surface area contributed by atoms with E-state index >= 15 is 0 Å². The SMILES string of the molecule is CC1CC(c2ccc(Br)cc2)CCN1C(=O)O.COC(=O)N1CCC(c2ccc(B3OC(C)(C)C(C)(C)O3)cc2)CC1. The third-order valence-corrected chi connectivity index (χ3v) is 9.85. The monoisotopic (exact) mass is 642 g/mol. The Labute approximate surface area is 259 Å². The first-order valence-corrected chi connectivity index (χ1v) is 15.6. The smallest absolute Gasteiger partial charge is 0.465 e. The number of nitrogens with zero attached hydrogens (tertiary/aromatic N) is 2. The first-order valence-electron chi connectivity index (χ1n) is 14.8. The van der Waals surface area contributed by atoms with E-state index in [1.54, 1.807) is 4.90 Å². The molecule has 2 aromatic rings. The lowest BCUT2D eigenvalue weighted by Crippen LogP contribution is -2.43. The highest BCUT2D eigenvalue weighted by Crippen LogP contribution is 2.37. The summed E-state index contributed by atoms with van der Waals surface area (Å²) in [5.41, 5.74) is 3.03. The topological polar surface area (TPSA) is 88.5 Å². The maximum atomic E-state index is 11.6. The van der Waals surface area contributed by atoms with E-state index in [-0.39, 0.29) is 30.5 Å². The summed E-state index contributed by atoms with van der Waals surface area (Å²) in [5, 5.41) is 9.02. The molecule has 8 nitrogen and oxygen atoms in total. The Morgan fingerprint density at radius 3 is 1.88 bits per heavy atom. The fraction of sp³-hybridized carbons (Fsp3) is 0.562. The normalized spacial score (nSPS) is 23.6. The summed E-state index contributed by atoms with van der Waals surface area (Å²) in [4.78, 5) is 25.9. The standard InChI is InChI=1S/C19H28BNO4.C13H16BrNO2/c1-18(2)19(3,4)25-20(24-18)16-8-6-14(7-9-16)15-10-12-21(13-11-15)17(22)23-5;1-9-8-11(6-7-15(9)13(16)17)10-2-4-12(14)5-3-10/h6-9,15H,10-13H2,1-5H3;2-5,9,11H,6-8H2,1H3,(H,16,17). The zero-order valence-corrected chi connectivity index (χ0v) is 27.2. The number of amides is 2. The fourth-order valence-electron chi connectivity index (χ4n) is 5.92. The zero-order valence-electron chi connectivity index (χ0n) is 25.6. The van der Waals surface area contributed by atoms with Crippen molar-refractivity contribution in [3.05, 3.63) is 64.1 Å². The molecule has 0 aromatic heterocycles. The van der Waals surface area contributed by atoms with Crippen molar-refractivity contribution in [3.63, 3.8) is 0 Å². The summed E-state index contributed by atoms with van der Waals surface area (Å²) < 4.78 is 18.1. The van der Waals surface area contributed by atoms with Crippen molar-refractivity contribution in [1.29, 1.82) is 0 Å². The first-order chi connectivity index (χ1) is 19.8. The molecule has 3 aliphatic heterocycles. The molecule has 1 N–H and O–H groups in total. The maximum Gasteiger partial charge on any atom is 0.494 e. The third-order valence-electron chi connectivity index (χ3n) is 9.32. The Balaban J connectivity index is 0.000000208. The van der Waals surface area contributed by atoms with E-state index in [1.807, 2.05) is 19.1 Å². The molecule has 0 aliphatic carbocycles. The summed E-state index contributed by atoms with van der Waals surface area (Å²) in [6, 6.07) is 17.0. The van der Waals surface area contributed by atoms with Crippen molar-refractivity contribution in [2.45, 2.75) is 89.4 Å². The highest BCUT2D eigenvalue weighted by molar-refractivity contribution is 9.10. The average molecular weight is 643 g/mol. The largest absolute Gasteiger partial charge is 0.494 e. The molecule has 0 bridgehead atoms. The van der Waals surface area contributed by atoms with Crippen LogP contribution in [-0.2, 0) is 14.0 Å². The lowest BCUT2D eigenvalue weighted by atomic mass is 9.77. The van der Waals surface area contributed by atoms with Crippen LogP contribution >= 0.6 is 15.9 Å². The van der Waals surface area contributed by atoms with Gasteiger partial charge in [0.15, 0.2) is 0 Å². The predicted molar refractivity (Wildman–Crippen MR) is 168 cm³/mol. The summed E-state index contributed by atoms with van der Waals surface area (Å²) in [7, 11) is 1.11. The van der Waals surface area contributed by atoms with Gasteiger partial charge in [0, 0.05) is 30.1 Å². The first kappa shape index (κ1) is 32.4. The van der Waals surface area contributed by atoms with Crippen LogP contribution in [0, 0.1) is 0 Å². The Morgan fingerprint density at radius 2 is 1.38 bits per heavy atom. The van der Waals surface area contributed by atoms with E-state index in [0.717, 1.165) is 48.7 Å². The molecular formula is C32H44BBrN2O6. The van der Waals surface area contributed by atoms with Crippen LogP contribution in [0.5, 0.6) is 0 Å². The van der Waals surface area contributed by atoms with Crippen LogP contribution in [0.3, 0.4) is 0 Å². The van der Waals surface area contributed by atoms with Gasteiger partial charge in [0.25, 0.3) is 0 Å². The minimum atomic E-state index is -0.799. The van der Waals surface area contributed by atoms with Crippen molar-refractivity contribution < 1.29 is 28.7 Å². The molecule has 2 unspecified atom stereocenters. The second kappa shape index (κ2) is 13.4. The van der Waals surface area contributed by atoms with Gasteiger partial charge in [0.2, 0.25) is 0 Å². The number of piperidine rings is 2. The molecule has 228 valence electrons. The van der Waals surface area contributed by atoms with E-state index < -0.39 is 6.09 Å². The molecule has 42 heavy (non-hydrogen) atoms. The fourth-order valence-corrected chi connectivity index (χ4v) is 6.19. The second-order valence-electron chi connectivity index (χ2n) is 12.6. The zero-order chi connectivity index (χ0) is 30.7. The number of methoxy groups -OCH3 is 1. The average Bonchev–Trinajstić information content (AvgIpc) is 3.19. The molecule has 3 saturated heterocycles.